The lowest BCUT2D eigenvalue weighted by molar-refractivity contribution is 0.0729. The van der Waals surface area contributed by atoms with E-state index >= 15 is 0 Å². The van der Waals surface area contributed by atoms with Gasteiger partial charge in [-0.2, -0.15) is 0 Å². The summed E-state index contributed by atoms with van der Waals surface area (Å²) >= 11 is 1.48. The molecule has 18 heavy (non-hydrogen) atoms. The number of hydrogen-bond acceptors (Lipinski definition) is 3. The summed E-state index contributed by atoms with van der Waals surface area (Å²) in [6, 6.07) is 1.95. The Morgan fingerprint density at radius 1 is 1.44 bits per heavy atom. The normalized spacial score (nSPS) is 15.1. The lowest BCUT2D eigenvalue weighted by Crippen LogP contribution is -2.35. The molecule has 0 atom stereocenters. The SMILES string of the molecule is Cc1cc(C(=O)N2CCCCC2)sc1C#CCN. The van der Waals surface area contributed by atoms with Crippen LogP contribution < -0.4 is 5.73 Å². The molecule has 0 aliphatic carbocycles. The minimum atomic E-state index is 0.156. The lowest BCUT2D eigenvalue weighted by Gasteiger charge is -2.26. The topological polar surface area (TPSA) is 46.3 Å². The van der Waals surface area contributed by atoms with Crippen LogP contribution in [0.15, 0.2) is 6.07 Å². The van der Waals surface area contributed by atoms with E-state index in [0.29, 0.717) is 6.54 Å². The Labute approximate surface area is 112 Å². The Morgan fingerprint density at radius 3 is 2.83 bits per heavy atom. The van der Waals surface area contributed by atoms with Gasteiger partial charge < -0.3 is 10.6 Å². The molecule has 2 N–H and O–H groups in total. The molecule has 0 radical (unpaired) electrons. The monoisotopic (exact) mass is 262 g/mol. The molecular formula is C14H18N2OS. The van der Waals surface area contributed by atoms with Crippen molar-refractivity contribution < 1.29 is 4.79 Å². The fourth-order valence-electron chi connectivity index (χ4n) is 2.10. The van der Waals surface area contributed by atoms with E-state index in [1.165, 1.54) is 17.8 Å². The van der Waals surface area contributed by atoms with Gasteiger partial charge in [-0.3, -0.25) is 4.79 Å². The molecular weight excluding hydrogens is 244 g/mol. The molecule has 1 aromatic rings. The van der Waals surface area contributed by atoms with E-state index in [0.717, 1.165) is 41.2 Å². The summed E-state index contributed by atoms with van der Waals surface area (Å²) in [6.07, 6.45) is 3.48. The molecule has 2 rings (SSSR count). The van der Waals surface area contributed by atoms with Crippen molar-refractivity contribution in [2.75, 3.05) is 19.6 Å². The van der Waals surface area contributed by atoms with Crippen molar-refractivity contribution in [1.29, 1.82) is 0 Å². The Hall–Kier alpha value is -1.31. The standard InChI is InChI=1S/C14H18N2OS/c1-11-10-13(18-12(11)6-5-7-15)14(17)16-8-3-2-4-9-16/h10H,2-4,7-9,15H2,1H3. The second-order valence-electron chi connectivity index (χ2n) is 4.48. The zero-order valence-electron chi connectivity index (χ0n) is 10.7. The summed E-state index contributed by atoms with van der Waals surface area (Å²) in [5.41, 5.74) is 6.44. The number of piperidine rings is 1. The van der Waals surface area contributed by atoms with E-state index in [4.69, 9.17) is 5.73 Å². The van der Waals surface area contributed by atoms with Gasteiger partial charge in [0, 0.05) is 13.1 Å². The molecule has 0 spiro atoms. The van der Waals surface area contributed by atoms with E-state index in [1.54, 1.807) is 0 Å². The Balaban J connectivity index is 2.15. The van der Waals surface area contributed by atoms with E-state index in [1.807, 2.05) is 17.9 Å². The van der Waals surface area contributed by atoms with Crippen molar-refractivity contribution in [2.24, 2.45) is 5.73 Å². The molecule has 1 saturated heterocycles. The molecule has 1 amide bonds. The van der Waals surface area contributed by atoms with Crippen molar-refractivity contribution in [1.82, 2.24) is 4.90 Å². The van der Waals surface area contributed by atoms with Crippen LogP contribution in [0.3, 0.4) is 0 Å². The van der Waals surface area contributed by atoms with Crippen LogP contribution in [0, 0.1) is 18.8 Å². The number of likely N-dealkylation sites (tertiary alicyclic amines) is 1. The van der Waals surface area contributed by atoms with E-state index < -0.39 is 0 Å². The molecule has 1 aromatic heterocycles. The van der Waals surface area contributed by atoms with Crippen molar-refractivity contribution >= 4 is 17.2 Å². The minimum absolute atomic E-state index is 0.156. The molecule has 0 bridgehead atoms. The second kappa shape index (κ2) is 6.03. The first-order valence-electron chi connectivity index (χ1n) is 6.31. The van der Waals surface area contributed by atoms with Gasteiger partial charge in [-0.25, -0.2) is 0 Å². The summed E-state index contributed by atoms with van der Waals surface area (Å²) in [4.78, 5) is 16.0. The highest BCUT2D eigenvalue weighted by Gasteiger charge is 2.20. The molecule has 0 aromatic carbocycles. The fraction of sp³-hybridized carbons (Fsp3) is 0.500. The summed E-state index contributed by atoms with van der Waals surface area (Å²) < 4.78 is 0. The van der Waals surface area contributed by atoms with Gasteiger partial charge in [0.25, 0.3) is 5.91 Å². The largest absolute Gasteiger partial charge is 0.338 e. The average molecular weight is 262 g/mol. The lowest BCUT2D eigenvalue weighted by atomic mass is 10.1. The number of rotatable bonds is 1. The van der Waals surface area contributed by atoms with E-state index in [9.17, 15) is 4.79 Å². The third-order valence-electron chi connectivity index (χ3n) is 3.08. The zero-order valence-corrected chi connectivity index (χ0v) is 11.5. The van der Waals surface area contributed by atoms with Crippen LogP contribution in [0.25, 0.3) is 0 Å². The van der Waals surface area contributed by atoms with Crippen molar-refractivity contribution in [3.8, 4) is 11.8 Å². The number of nitrogens with two attached hydrogens (primary N) is 1. The number of thiophene rings is 1. The van der Waals surface area contributed by atoms with Crippen LogP contribution in [0.1, 0.15) is 39.4 Å². The first-order chi connectivity index (χ1) is 8.72. The van der Waals surface area contributed by atoms with Crippen LogP contribution >= 0.6 is 11.3 Å². The van der Waals surface area contributed by atoms with Crippen LogP contribution in [0.2, 0.25) is 0 Å². The molecule has 96 valence electrons. The maximum Gasteiger partial charge on any atom is 0.263 e. The molecule has 4 heteroatoms. The van der Waals surface area contributed by atoms with E-state index in [2.05, 4.69) is 11.8 Å². The molecule has 1 fully saturated rings. The quantitative estimate of drug-likeness (QED) is 0.787. The van der Waals surface area contributed by atoms with Crippen LogP contribution in [0.4, 0.5) is 0 Å². The maximum atomic E-state index is 12.3. The third-order valence-corrected chi connectivity index (χ3v) is 4.22. The predicted octanol–water partition coefficient (Wildman–Crippen LogP) is 1.99. The van der Waals surface area contributed by atoms with Crippen LogP contribution in [-0.4, -0.2) is 30.4 Å². The van der Waals surface area contributed by atoms with Gasteiger partial charge >= 0.3 is 0 Å². The number of aryl methyl sites for hydroxylation is 1. The second-order valence-corrected chi connectivity index (χ2v) is 5.53. The van der Waals surface area contributed by atoms with Crippen LogP contribution in [0.5, 0.6) is 0 Å². The highest BCUT2D eigenvalue weighted by Crippen LogP contribution is 2.23. The predicted molar refractivity (Wildman–Crippen MR) is 74.7 cm³/mol. The maximum absolute atomic E-state index is 12.3. The molecule has 0 saturated carbocycles. The van der Waals surface area contributed by atoms with E-state index in [-0.39, 0.29) is 5.91 Å². The van der Waals surface area contributed by atoms with Gasteiger partial charge in [0.2, 0.25) is 0 Å². The van der Waals surface area contributed by atoms with Gasteiger partial charge in [0.15, 0.2) is 0 Å². The Kier molecular flexibility index (Phi) is 4.40. The highest BCUT2D eigenvalue weighted by molar-refractivity contribution is 7.14. The van der Waals surface area contributed by atoms with Crippen molar-refractivity contribution in [3.63, 3.8) is 0 Å². The summed E-state index contributed by atoms with van der Waals surface area (Å²) in [7, 11) is 0. The van der Waals surface area contributed by atoms with Gasteiger partial charge in [-0.05, 0) is 37.8 Å². The fourth-order valence-corrected chi connectivity index (χ4v) is 3.11. The average Bonchev–Trinajstić information content (AvgIpc) is 2.78. The van der Waals surface area contributed by atoms with Gasteiger partial charge in [-0.1, -0.05) is 11.8 Å². The molecule has 2 heterocycles. The van der Waals surface area contributed by atoms with Gasteiger partial charge in [-0.15, -0.1) is 11.3 Å². The molecule has 1 aliphatic heterocycles. The summed E-state index contributed by atoms with van der Waals surface area (Å²) in [5, 5.41) is 0. The molecule has 3 nitrogen and oxygen atoms in total. The molecule has 0 unspecified atom stereocenters. The summed E-state index contributed by atoms with van der Waals surface area (Å²) in [6.45, 7) is 4.12. The smallest absolute Gasteiger partial charge is 0.263 e. The Bertz CT molecular complexity index is 490. The van der Waals surface area contributed by atoms with Crippen molar-refractivity contribution in [3.05, 3.63) is 21.4 Å². The first kappa shape index (κ1) is 13.1. The van der Waals surface area contributed by atoms with Crippen molar-refractivity contribution in [2.45, 2.75) is 26.2 Å². The number of hydrogen-bond donors (Lipinski definition) is 1. The van der Waals surface area contributed by atoms with Crippen LogP contribution in [-0.2, 0) is 0 Å². The summed E-state index contributed by atoms with van der Waals surface area (Å²) in [5.74, 6) is 6.02. The minimum Gasteiger partial charge on any atom is -0.338 e. The molecule has 1 aliphatic rings. The zero-order chi connectivity index (χ0) is 13.0. The first-order valence-corrected chi connectivity index (χ1v) is 7.12. The third kappa shape index (κ3) is 2.92. The number of carbonyl (C=O) groups excluding carboxylic acids is 1. The highest BCUT2D eigenvalue weighted by atomic mass is 32.1. The van der Waals surface area contributed by atoms with Gasteiger partial charge in [0.1, 0.15) is 0 Å². The number of amides is 1. The van der Waals surface area contributed by atoms with Gasteiger partial charge in [0.05, 0.1) is 16.3 Å². The number of carbonyl (C=O) groups is 1. The Morgan fingerprint density at radius 2 is 2.17 bits per heavy atom. The number of nitrogens with zero attached hydrogens (tertiary/aromatic N) is 1.